The number of dihydropyridines is 1. The number of fused-ring (bicyclic) bond motifs is 5. The molecule has 1 amide bonds. The molecule has 1 aliphatic carbocycles. The number of anilines is 1. The molecule has 0 fully saturated rings. The Morgan fingerprint density at radius 1 is 1.00 bits per heavy atom. The fourth-order valence-corrected chi connectivity index (χ4v) is 4.69. The van der Waals surface area contributed by atoms with Crippen LogP contribution in [0.5, 0.6) is 0 Å². The lowest BCUT2D eigenvalue weighted by Crippen LogP contribution is -2.48. The second-order valence-corrected chi connectivity index (χ2v) is 7.22. The van der Waals surface area contributed by atoms with Gasteiger partial charge in [-0.3, -0.25) is 9.59 Å². The molecular formula is C23H18N2O4. The topological polar surface area (TPSA) is 84.5 Å². The third kappa shape index (κ3) is 2.03. The molecular weight excluding hydrogens is 368 g/mol. The largest absolute Gasteiger partial charge is 0.463 e. The second kappa shape index (κ2) is 5.91. The predicted octanol–water partition coefficient (Wildman–Crippen LogP) is 2.92. The molecule has 29 heavy (non-hydrogen) atoms. The fraction of sp³-hybridized carbons (Fsp3) is 0.174. The molecule has 2 N–H and O–H groups in total. The fourth-order valence-electron chi connectivity index (χ4n) is 4.69. The highest BCUT2D eigenvalue weighted by Gasteiger charge is 2.61. The Kier molecular flexibility index (Phi) is 3.55. The number of hydrogen-bond acceptors (Lipinski definition) is 5. The van der Waals surface area contributed by atoms with Crippen LogP contribution in [0.3, 0.4) is 0 Å². The highest BCUT2D eigenvalue weighted by atomic mass is 16.5. The molecule has 144 valence electrons. The number of amides is 1. The van der Waals surface area contributed by atoms with Gasteiger partial charge in [0.15, 0.2) is 5.78 Å². The van der Waals surface area contributed by atoms with E-state index in [4.69, 9.17) is 4.74 Å². The number of hydrogen-bond donors (Lipinski definition) is 2. The van der Waals surface area contributed by atoms with Crippen molar-refractivity contribution in [2.24, 2.45) is 0 Å². The van der Waals surface area contributed by atoms with Crippen molar-refractivity contribution in [3.05, 3.63) is 82.1 Å². The molecule has 0 radical (unpaired) electrons. The Bertz CT molecular complexity index is 1190. The molecule has 2 heterocycles. The maximum atomic E-state index is 13.5. The smallest absolute Gasteiger partial charge is 0.337 e. The van der Waals surface area contributed by atoms with Gasteiger partial charge >= 0.3 is 5.97 Å². The summed E-state index contributed by atoms with van der Waals surface area (Å²) in [6.07, 6.45) is 0. The van der Waals surface area contributed by atoms with Gasteiger partial charge in [-0.05, 0) is 19.9 Å². The van der Waals surface area contributed by atoms with Crippen LogP contribution in [0.25, 0.3) is 5.70 Å². The van der Waals surface area contributed by atoms with Gasteiger partial charge in [-0.15, -0.1) is 0 Å². The molecule has 0 saturated carbocycles. The van der Waals surface area contributed by atoms with Gasteiger partial charge in [0.05, 0.1) is 17.9 Å². The molecule has 2 aromatic rings. The van der Waals surface area contributed by atoms with Gasteiger partial charge in [0.2, 0.25) is 5.91 Å². The van der Waals surface area contributed by atoms with Crippen LogP contribution in [-0.2, 0) is 19.7 Å². The summed E-state index contributed by atoms with van der Waals surface area (Å²) in [6, 6.07) is 14.4. The number of carbonyl (C=O) groups excluding carboxylic acids is 3. The van der Waals surface area contributed by atoms with E-state index in [2.05, 4.69) is 10.6 Å². The van der Waals surface area contributed by atoms with Gasteiger partial charge in [-0.2, -0.15) is 0 Å². The summed E-state index contributed by atoms with van der Waals surface area (Å²) in [4.78, 5) is 40.1. The SMILES string of the molecule is CCOC(=O)C1=C(C)NC2=C(C(=O)c3ccccc32)C12C(=O)Nc1ccccc12. The van der Waals surface area contributed by atoms with Crippen molar-refractivity contribution in [3.8, 4) is 0 Å². The molecule has 1 spiro atoms. The number of para-hydroxylation sites is 1. The van der Waals surface area contributed by atoms with Crippen molar-refractivity contribution in [1.82, 2.24) is 5.32 Å². The molecule has 2 aliphatic heterocycles. The molecule has 0 bridgehead atoms. The Labute approximate surface area is 167 Å². The summed E-state index contributed by atoms with van der Waals surface area (Å²) in [6.45, 7) is 3.60. The van der Waals surface area contributed by atoms with Crippen molar-refractivity contribution in [1.29, 1.82) is 0 Å². The van der Waals surface area contributed by atoms with Gasteiger partial charge < -0.3 is 15.4 Å². The molecule has 1 atom stereocenters. The van der Waals surface area contributed by atoms with Crippen molar-refractivity contribution in [3.63, 3.8) is 0 Å². The monoisotopic (exact) mass is 386 g/mol. The average molecular weight is 386 g/mol. The lowest BCUT2D eigenvalue weighted by molar-refractivity contribution is -0.140. The normalized spacial score (nSPS) is 21.6. The zero-order valence-electron chi connectivity index (χ0n) is 16.0. The maximum Gasteiger partial charge on any atom is 0.337 e. The molecule has 3 aliphatic rings. The summed E-state index contributed by atoms with van der Waals surface area (Å²) in [7, 11) is 0. The van der Waals surface area contributed by atoms with Gasteiger partial charge in [0.1, 0.15) is 5.41 Å². The van der Waals surface area contributed by atoms with Crippen molar-refractivity contribution >= 4 is 29.0 Å². The molecule has 0 saturated heterocycles. The van der Waals surface area contributed by atoms with Gasteiger partial charge in [-0.25, -0.2) is 4.79 Å². The lowest BCUT2D eigenvalue weighted by Gasteiger charge is -2.36. The highest BCUT2D eigenvalue weighted by molar-refractivity contribution is 6.31. The van der Waals surface area contributed by atoms with Crippen LogP contribution in [0, 0.1) is 0 Å². The number of carbonyl (C=O) groups is 3. The van der Waals surface area contributed by atoms with Crippen molar-refractivity contribution in [2.75, 3.05) is 11.9 Å². The second-order valence-electron chi connectivity index (χ2n) is 7.22. The molecule has 0 aromatic heterocycles. The molecule has 6 nitrogen and oxygen atoms in total. The lowest BCUT2D eigenvalue weighted by atomic mass is 9.66. The number of Topliss-reactive ketones (excluding diaryl/α,β-unsaturated/α-hetero) is 1. The van der Waals surface area contributed by atoms with Crippen LogP contribution < -0.4 is 10.6 Å². The first-order chi connectivity index (χ1) is 14.0. The number of benzene rings is 2. The van der Waals surface area contributed by atoms with Gasteiger partial charge in [0.25, 0.3) is 0 Å². The predicted molar refractivity (Wildman–Crippen MR) is 107 cm³/mol. The first-order valence-corrected chi connectivity index (χ1v) is 9.47. The number of nitrogens with one attached hydrogen (secondary N) is 2. The molecule has 6 heteroatoms. The van der Waals surface area contributed by atoms with E-state index in [1.807, 2.05) is 12.1 Å². The first kappa shape index (κ1) is 17.4. The van der Waals surface area contributed by atoms with E-state index in [1.165, 1.54) is 0 Å². The van der Waals surface area contributed by atoms with E-state index in [1.54, 1.807) is 50.2 Å². The van der Waals surface area contributed by atoms with Crippen LogP contribution >= 0.6 is 0 Å². The minimum absolute atomic E-state index is 0.154. The highest BCUT2D eigenvalue weighted by Crippen LogP contribution is 2.55. The van der Waals surface area contributed by atoms with Gasteiger partial charge in [-0.1, -0.05) is 42.5 Å². The van der Waals surface area contributed by atoms with Crippen LogP contribution in [0.4, 0.5) is 5.69 Å². The quantitative estimate of drug-likeness (QED) is 0.776. The van der Waals surface area contributed by atoms with Crippen LogP contribution in [0.15, 0.2) is 65.4 Å². The average Bonchev–Trinajstić information content (AvgIpc) is 3.15. The van der Waals surface area contributed by atoms with Crippen LogP contribution in [-0.4, -0.2) is 24.3 Å². The maximum absolute atomic E-state index is 13.5. The van der Waals surface area contributed by atoms with E-state index in [0.29, 0.717) is 28.2 Å². The molecule has 1 unspecified atom stereocenters. The van der Waals surface area contributed by atoms with E-state index in [-0.39, 0.29) is 23.5 Å². The summed E-state index contributed by atoms with van der Waals surface area (Å²) >= 11 is 0. The number of ether oxygens (including phenoxy) is 1. The minimum atomic E-state index is -1.55. The van der Waals surface area contributed by atoms with Crippen molar-refractivity contribution in [2.45, 2.75) is 19.3 Å². The Morgan fingerprint density at radius 3 is 2.45 bits per heavy atom. The van der Waals surface area contributed by atoms with Crippen LogP contribution in [0.2, 0.25) is 0 Å². The molecule has 5 rings (SSSR count). The minimum Gasteiger partial charge on any atom is -0.463 e. The summed E-state index contributed by atoms with van der Waals surface area (Å²) in [5.74, 6) is -1.29. The zero-order chi connectivity index (χ0) is 20.3. The van der Waals surface area contributed by atoms with E-state index in [9.17, 15) is 14.4 Å². The Hall–Kier alpha value is -3.67. The third-order valence-corrected chi connectivity index (χ3v) is 5.76. The van der Waals surface area contributed by atoms with E-state index < -0.39 is 17.3 Å². The Balaban J connectivity index is 1.88. The Morgan fingerprint density at radius 2 is 1.69 bits per heavy atom. The van der Waals surface area contributed by atoms with Gasteiger partial charge in [0, 0.05) is 33.6 Å². The standard InChI is InChI=1S/C23H18N2O4/c1-3-29-21(27)17-12(2)24-19-13-8-4-5-9-14(13)20(26)18(19)23(17)15-10-6-7-11-16(15)25-22(23)28/h4-11,24H,3H2,1-2H3,(H,25,28). The first-order valence-electron chi connectivity index (χ1n) is 9.47. The summed E-state index contributed by atoms with van der Waals surface area (Å²) < 4.78 is 5.31. The van der Waals surface area contributed by atoms with Crippen LogP contribution in [0.1, 0.15) is 35.3 Å². The molecule has 2 aromatic carbocycles. The number of rotatable bonds is 2. The third-order valence-electron chi connectivity index (χ3n) is 5.76. The van der Waals surface area contributed by atoms with E-state index >= 15 is 0 Å². The number of allylic oxidation sites excluding steroid dienone is 1. The van der Waals surface area contributed by atoms with Crippen molar-refractivity contribution < 1.29 is 19.1 Å². The van der Waals surface area contributed by atoms with E-state index in [0.717, 1.165) is 5.56 Å². The number of ketones is 1. The summed E-state index contributed by atoms with van der Waals surface area (Å²) in [5.41, 5.74) is 2.36. The number of esters is 1. The zero-order valence-corrected chi connectivity index (χ0v) is 16.0. The summed E-state index contributed by atoms with van der Waals surface area (Å²) in [5, 5.41) is 6.08.